The van der Waals surface area contributed by atoms with Gasteiger partial charge >= 0.3 is 0 Å². The highest BCUT2D eigenvalue weighted by Crippen LogP contribution is 2.34. The zero-order valence-corrected chi connectivity index (χ0v) is 13.8. The lowest BCUT2D eigenvalue weighted by Crippen LogP contribution is -2.43. The number of aliphatic hydroxyl groups excluding tert-OH is 1. The Morgan fingerprint density at radius 2 is 2.00 bits per heavy atom. The SMILES string of the molecule is CC1CN(c2cc(CO)ccc2[N+](=O)[O-])CC(c2ccc(F)cc2)O1. The highest BCUT2D eigenvalue weighted by molar-refractivity contribution is 5.65. The van der Waals surface area contributed by atoms with E-state index < -0.39 is 4.92 Å². The van der Waals surface area contributed by atoms with Gasteiger partial charge in [-0.2, -0.15) is 0 Å². The molecule has 0 aromatic heterocycles. The van der Waals surface area contributed by atoms with Crippen LogP contribution in [0.2, 0.25) is 0 Å². The van der Waals surface area contributed by atoms with Crippen molar-refractivity contribution in [2.24, 2.45) is 0 Å². The number of hydrogen-bond acceptors (Lipinski definition) is 5. The molecule has 2 aromatic rings. The topological polar surface area (TPSA) is 75.8 Å². The summed E-state index contributed by atoms with van der Waals surface area (Å²) in [6.45, 7) is 2.61. The molecule has 1 N–H and O–H groups in total. The molecule has 0 aliphatic carbocycles. The molecule has 25 heavy (non-hydrogen) atoms. The summed E-state index contributed by atoms with van der Waals surface area (Å²) < 4.78 is 19.1. The summed E-state index contributed by atoms with van der Waals surface area (Å²) in [5, 5.41) is 20.7. The van der Waals surface area contributed by atoms with Crippen LogP contribution in [-0.4, -0.2) is 29.2 Å². The summed E-state index contributed by atoms with van der Waals surface area (Å²) in [5.74, 6) is -0.323. The first-order valence-corrected chi connectivity index (χ1v) is 8.02. The Morgan fingerprint density at radius 1 is 1.28 bits per heavy atom. The predicted molar refractivity (Wildman–Crippen MR) is 90.9 cm³/mol. The second-order valence-electron chi connectivity index (χ2n) is 6.13. The number of nitro groups is 1. The number of hydrogen-bond donors (Lipinski definition) is 1. The van der Waals surface area contributed by atoms with Crippen LogP contribution in [0.5, 0.6) is 0 Å². The van der Waals surface area contributed by atoms with E-state index in [4.69, 9.17) is 4.74 Å². The van der Waals surface area contributed by atoms with Crippen molar-refractivity contribution in [3.63, 3.8) is 0 Å². The van der Waals surface area contributed by atoms with Gasteiger partial charge in [-0.1, -0.05) is 12.1 Å². The van der Waals surface area contributed by atoms with Crippen LogP contribution in [0.1, 0.15) is 24.2 Å². The van der Waals surface area contributed by atoms with Crippen LogP contribution in [0, 0.1) is 15.9 Å². The van der Waals surface area contributed by atoms with Crippen molar-refractivity contribution >= 4 is 11.4 Å². The summed E-state index contributed by atoms with van der Waals surface area (Å²) in [6, 6.07) is 10.7. The van der Waals surface area contributed by atoms with Crippen molar-refractivity contribution in [1.29, 1.82) is 0 Å². The van der Waals surface area contributed by atoms with Crippen molar-refractivity contribution < 1.29 is 19.2 Å². The Hall–Kier alpha value is -2.51. The smallest absolute Gasteiger partial charge is 0.292 e. The number of nitro benzene ring substituents is 1. The van der Waals surface area contributed by atoms with Crippen molar-refractivity contribution in [2.45, 2.75) is 25.7 Å². The molecule has 1 aliphatic heterocycles. The van der Waals surface area contributed by atoms with Crippen LogP contribution >= 0.6 is 0 Å². The fourth-order valence-corrected chi connectivity index (χ4v) is 3.08. The summed E-state index contributed by atoms with van der Waals surface area (Å²) in [5.41, 5.74) is 1.87. The predicted octanol–water partition coefficient (Wildman–Crippen LogP) is 3.19. The molecule has 1 fully saturated rings. The number of ether oxygens (including phenoxy) is 1. The van der Waals surface area contributed by atoms with E-state index in [0.717, 1.165) is 5.56 Å². The highest BCUT2D eigenvalue weighted by atomic mass is 19.1. The molecular weight excluding hydrogens is 327 g/mol. The monoisotopic (exact) mass is 346 g/mol. The van der Waals surface area contributed by atoms with Crippen LogP contribution in [-0.2, 0) is 11.3 Å². The minimum atomic E-state index is -0.427. The summed E-state index contributed by atoms with van der Waals surface area (Å²) in [7, 11) is 0. The number of aliphatic hydroxyl groups is 1. The van der Waals surface area contributed by atoms with E-state index >= 15 is 0 Å². The third-order valence-electron chi connectivity index (χ3n) is 4.26. The standard InChI is InChI=1S/C18H19FN2O4/c1-12-9-20(10-18(25-12)14-3-5-15(19)6-4-14)17-8-13(11-22)2-7-16(17)21(23)24/h2-8,12,18,22H,9-11H2,1H3. The third kappa shape index (κ3) is 3.78. The largest absolute Gasteiger partial charge is 0.392 e. The van der Waals surface area contributed by atoms with E-state index in [-0.39, 0.29) is 30.3 Å². The lowest BCUT2D eigenvalue weighted by molar-refractivity contribution is -0.384. The molecule has 2 atom stereocenters. The van der Waals surface area contributed by atoms with Gasteiger partial charge in [-0.05, 0) is 42.3 Å². The van der Waals surface area contributed by atoms with Crippen molar-refractivity contribution in [1.82, 2.24) is 0 Å². The second-order valence-corrected chi connectivity index (χ2v) is 6.13. The molecule has 3 rings (SSSR count). The van der Waals surface area contributed by atoms with E-state index in [9.17, 15) is 19.6 Å². The first-order valence-electron chi connectivity index (χ1n) is 8.02. The molecule has 6 nitrogen and oxygen atoms in total. The van der Waals surface area contributed by atoms with Gasteiger partial charge in [0, 0.05) is 19.2 Å². The zero-order chi connectivity index (χ0) is 18.0. The van der Waals surface area contributed by atoms with Gasteiger partial charge < -0.3 is 14.7 Å². The van der Waals surface area contributed by atoms with Gasteiger partial charge in [-0.3, -0.25) is 10.1 Å². The Morgan fingerprint density at radius 3 is 2.64 bits per heavy atom. The Kier molecular flexibility index (Phi) is 4.96. The second kappa shape index (κ2) is 7.16. The van der Waals surface area contributed by atoms with Gasteiger partial charge in [0.1, 0.15) is 17.6 Å². The number of benzene rings is 2. The van der Waals surface area contributed by atoms with E-state index in [1.54, 1.807) is 24.3 Å². The van der Waals surface area contributed by atoms with Crippen LogP contribution in [0.15, 0.2) is 42.5 Å². The molecular formula is C18H19FN2O4. The molecule has 2 aromatic carbocycles. The quantitative estimate of drug-likeness (QED) is 0.680. The molecule has 1 saturated heterocycles. The van der Waals surface area contributed by atoms with Crippen LogP contribution in [0.3, 0.4) is 0 Å². The lowest BCUT2D eigenvalue weighted by Gasteiger charge is -2.38. The molecule has 1 aliphatic rings. The molecule has 1 heterocycles. The van der Waals surface area contributed by atoms with Crippen LogP contribution < -0.4 is 4.90 Å². The Balaban J connectivity index is 1.94. The molecule has 0 spiro atoms. The highest BCUT2D eigenvalue weighted by Gasteiger charge is 2.30. The van der Waals surface area contributed by atoms with E-state index in [1.807, 2.05) is 11.8 Å². The number of halogens is 1. The molecule has 7 heteroatoms. The molecule has 132 valence electrons. The van der Waals surface area contributed by atoms with Crippen molar-refractivity contribution in [3.05, 3.63) is 69.5 Å². The minimum Gasteiger partial charge on any atom is -0.392 e. The molecule has 0 bridgehead atoms. The normalized spacial score (nSPS) is 20.5. The maximum Gasteiger partial charge on any atom is 0.292 e. The van der Waals surface area contributed by atoms with Crippen LogP contribution in [0.25, 0.3) is 0 Å². The average molecular weight is 346 g/mol. The first-order chi connectivity index (χ1) is 12.0. The van der Waals surface area contributed by atoms with Crippen molar-refractivity contribution in [3.8, 4) is 0 Å². The van der Waals surface area contributed by atoms with Crippen LogP contribution in [0.4, 0.5) is 15.8 Å². The third-order valence-corrected chi connectivity index (χ3v) is 4.26. The summed E-state index contributed by atoms with van der Waals surface area (Å²) in [4.78, 5) is 12.8. The fraction of sp³-hybridized carbons (Fsp3) is 0.333. The number of morpholine rings is 1. The van der Waals surface area contributed by atoms with Gasteiger partial charge in [-0.15, -0.1) is 0 Å². The van der Waals surface area contributed by atoms with E-state index in [1.165, 1.54) is 18.2 Å². The average Bonchev–Trinajstić information content (AvgIpc) is 2.61. The fourth-order valence-electron chi connectivity index (χ4n) is 3.08. The molecule has 0 saturated carbocycles. The lowest BCUT2D eigenvalue weighted by atomic mass is 10.0. The van der Waals surface area contributed by atoms with Gasteiger partial charge in [-0.25, -0.2) is 4.39 Å². The summed E-state index contributed by atoms with van der Waals surface area (Å²) >= 11 is 0. The van der Waals surface area contributed by atoms with Gasteiger partial charge in [0.25, 0.3) is 5.69 Å². The van der Waals surface area contributed by atoms with Crippen molar-refractivity contribution in [2.75, 3.05) is 18.0 Å². The molecule has 0 radical (unpaired) electrons. The Bertz CT molecular complexity index is 766. The Labute approximate surface area is 144 Å². The number of anilines is 1. The number of nitrogens with zero attached hydrogens (tertiary/aromatic N) is 2. The minimum absolute atomic E-state index is 0.0100. The number of rotatable bonds is 4. The zero-order valence-electron chi connectivity index (χ0n) is 13.8. The van der Waals surface area contributed by atoms with E-state index in [0.29, 0.717) is 24.3 Å². The maximum atomic E-state index is 13.1. The maximum absolute atomic E-state index is 13.1. The summed E-state index contributed by atoms with van der Waals surface area (Å²) in [6.07, 6.45) is -0.470. The molecule has 0 amide bonds. The molecule has 2 unspecified atom stereocenters. The van der Waals surface area contributed by atoms with E-state index in [2.05, 4.69) is 0 Å². The van der Waals surface area contributed by atoms with Gasteiger partial charge in [0.2, 0.25) is 0 Å². The van der Waals surface area contributed by atoms with Gasteiger partial charge in [0.15, 0.2) is 0 Å². The van der Waals surface area contributed by atoms with Gasteiger partial charge in [0.05, 0.1) is 17.6 Å². The first kappa shape index (κ1) is 17.3.